The Morgan fingerprint density at radius 2 is 1.70 bits per heavy atom. The van der Waals surface area contributed by atoms with Gasteiger partial charge in [0.2, 0.25) is 21.8 Å². The molecule has 10 nitrogen and oxygen atoms in total. The van der Waals surface area contributed by atoms with Crippen LogP contribution in [0.3, 0.4) is 0 Å². The molecule has 1 heterocycles. The van der Waals surface area contributed by atoms with E-state index in [-0.39, 0.29) is 5.69 Å². The molecule has 0 saturated heterocycles. The second kappa shape index (κ2) is 5.71. The monoisotopic (exact) mass is 304 g/mol. The number of sulfonamides is 1. The van der Waals surface area contributed by atoms with Crippen molar-refractivity contribution >= 4 is 27.8 Å². The van der Waals surface area contributed by atoms with Crippen LogP contribution in [0.25, 0.3) is 0 Å². The van der Waals surface area contributed by atoms with Gasteiger partial charge in [-0.25, -0.2) is 13.2 Å². The van der Waals surface area contributed by atoms with Crippen molar-refractivity contribution in [3.05, 3.63) is 18.0 Å². The average molecular weight is 304 g/mol. The maximum atomic E-state index is 12.1. The highest BCUT2D eigenvalue weighted by molar-refractivity contribution is 7.89. The Bertz CT molecular complexity index is 633. The van der Waals surface area contributed by atoms with E-state index < -0.39 is 45.8 Å². The predicted molar refractivity (Wildman–Crippen MR) is 64.9 cm³/mol. The fraction of sp³-hybridized carbons (Fsp3) is 0.222. The quantitative estimate of drug-likeness (QED) is 0.439. The number of nitrogens with one attached hydrogen (secondary N) is 1. The molecule has 20 heavy (non-hydrogen) atoms. The van der Waals surface area contributed by atoms with Gasteiger partial charge in [0.1, 0.15) is 10.6 Å². The Labute approximate surface area is 113 Å². The number of carbonyl (C=O) groups is 3. The third-order valence-corrected chi connectivity index (χ3v) is 3.96. The molecule has 0 radical (unpaired) electrons. The maximum Gasteiger partial charge on any atom is 0.352 e. The zero-order valence-corrected chi connectivity index (χ0v) is 10.9. The number of H-pyrrole nitrogens is 1. The van der Waals surface area contributed by atoms with E-state index in [1.54, 1.807) is 0 Å². The van der Waals surface area contributed by atoms with E-state index in [9.17, 15) is 22.8 Å². The number of carbonyl (C=O) groups excluding carboxylic acids is 2. The molecule has 0 aliphatic heterocycles. The van der Waals surface area contributed by atoms with Gasteiger partial charge in [-0.2, -0.15) is 4.31 Å². The van der Waals surface area contributed by atoms with Crippen LogP contribution in [0.2, 0.25) is 0 Å². The summed E-state index contributed by atoms with van der Waals surface area (Å²) < 4.78 is 24.7. The minimum absolute atomic E-state index is 0.360. The van der Waals surface area contributed by atoms with Gasteiger partial charge in [0.15, 0.2) is 0 Å². The molecule has 0 spiro atoms. The van der Waals surface area contributed by atoms with Crippen molar-refractivity contribution in [2.75, 3.05) is 13.1 Å². The van der Waals surface area contributed by atoms with Crippen molar-refractivity contribution < 1.29 is 27.9 Å². The van der Waals surface area contributed by atoms with Crippen LogP contribution in [-0.4, -0.2) is 53.7 Å². The molecule has 0 unspecified atom stereocenters. The number of rotatable bonds is 7. The maximum absolute atomic E-state index is 12.1. The van der Waals surface area contributed by atoms with Crippen molar-refractivity contribution in [2.24, 2.45) is 11.5 Å². The van der Waals surface area contributed by atoms with Crippen molar-refractivity contribution in [3.8, 4) is 0 Å². The Morgan fingerprint density at radius 1 is 1.20 bits per heavy atom. The Morgan fingerprint density at radius 3 is 2.05 bits per heavy atom. The first-order valence-electron chi connectivity index (χ1n) is 5.13. The summed E-state index contributed by atoms with van der Waals surface area (Å²) in [7, 11) is -4.27. The van der Waals surface area contributed by atoms with Crippen LogP contribution < -0.4 is 11.5 Å². The van der Waals surface area contributed by atoms with Crippen LogP contribution in [0.5, 0.6) is 0 Å². The normalized spacial score (nSPS) is 11.4. The fourth-order valence-corrected chi connectivity index (χ4v) is 2.74. The molecule has 1 aromatic rings. The third-order valence-electron chi connectivity index (χ3n) is 2.19. The molecule has 11 heteroatoms. The molecule has 0 aliphatic rings. The lowest BCUT2D eigenvalue weighted by Crippen LogP contribution is -2.43. The number of primary amides is 2. The fourth-order valence-electron chi connectivity index (χ4n) is 1.37. The molecule has 110 valence electrons. The minimum atomic E-state index is -4.27. The molecule has 0 aromatic carbocycles. The summed E-state index contributed by atoms with van der Waals surface area (Å²) in [6.45, 7) is -1.50. The van der Waals surface area contributed by atoms with Gasteiger partial charge in [-0.15, -0.1) is 0 Å². The molecule has 1 aromatic heterocycles. The third kappa shape index (κ3) is 3.55. The largest absolute Gasteiger partial charge is 0.477 e. The van der Waals surface area contributed by atoms with Crippen LogP contribution in [0.4, 0.5) is 0 Å². The van der Waals surface area contributed by atoms with Crippen LogP contribution in [0, 0.1) is 0 Å². The lowest BCUT2D eigenvalue weighted by atomic mass is 10.4. The number of nitrogens with two attached hydrogens (primary N) is 2. The van der Waals surface area contributed by atoms with Gasteiger partial charge >= 0.3 is 5.97 Å². The van der Waals surface area contributed by atoms with Gasteiger partial charge < -0.3 is 21.6 Å². The van der Waals surface area contributed by atoms with E-state index in [0.717, 1.165) is 12.3 Å². The molecule has 0 aliphatic carbocycles. The summed E-state index contributed by atoms with van der Waals surface area (Å²) in [5.41, 5.74) is 9.44. The Balaban J connectivity index is 3.16. The first kappa shape index (κ1) is 15.7. The summed E-state index contributed by atoms with van der Waals surface area (Å²) in [4.78, 5) is 34.2. The van der Waals surface area contributed by atoms with E-state index in [4.69, 9.17) is 16.6 Å². The summed E-state index contributed by atoms with van der Waals surface area (Å²) in [5, 5.41) is 8.71. The first-order chi connectivity index (χ1) is 9.14. The smallest absolute Gasteiger partial charge is 0.352 e. The molecule has 1 rings (SSSR count). The predicted octanol–water partition coefficient (Wildman–Crippen LogP) is -2.33. The zero-order chi connectivity index (χ0) is 15.5. The number of hydrogen-bond acceptors (Lipinski definition) is 5. The van der Waals surface area contributed by atoms with Crippen LogP contribution in [0.1, 0.15) is 10.5 Å². The number of nitrogens with zero attached hydrogens (tertiary/aromatic N) is 1. The van der Waals surface area contributed by atoms with Gasteiger partial charge in [0, 0.05) is 6.20 Å². The van der Waals surface area contributed by atoms with Gasteiger partial charge in [0.25, 0.3) is 0 Å². The second-order valence-electron chi connectivity index (χ2n) is 3.76. The average Bonchev–Trinajstić information content (AvgIpc) is 2.76. The minimum Gasteiger partial charge on any atom is -0.477 e. The number of aromatic amines is 1. The van der Waals surface area contributed by atoms with E-state index >= 15 is 0 Å². The van der Waals surface area contributed by atoms with E-state index in [0.29, 0.717) is 4.31 Å². The van der Waals surface area contributed by atoms with Crippen LogP contribution >= 0.6 is 0 Å². The Hall–Kier alpha value is -2.40. The highest BCUT2D eigenvalue weighted by Gasteiger charge is 2.28. The molecule has 6 N–H and O–H groups in total. The number of aromatic carboxylic acids is 1. The highest BCUT2D eigenvalue weighted by atomic mass is 32.2. The van der Waals surface area contributed by atoms with Crippen LogP contribution in [-0.2, 0) is 19.6 Å². The number of carboxylic acid groups (broad SMARTS) is 1. The van der Waals surface area contributed by atoms with Crippen molar-refractivity contribution in [1.29, 1.82) is 0 Å². The topological polar surface area (TPSA) is 177 Å². The second-order valence-corrected chi connectivity index (χ2v) is 5.70. The number of carboxylic acids is 1. The molecule has 2 amide bonds. The van der Waals surface area contributed by atoms with Gasteiger partial charge in [0.05, 0.1) is 13.1 Å². The van der Waals surface area contributed by atoms with E-state index in [1.165, 1.54) is 0 Å². The lowest BCUT2D eigenvalue weighted by molar-refractivity contribution is -0.120. The van der Waals surface area contributed by atoms with E-state index in [2.05, 4.69) is 4.98 Å². The summed E-state index contributed by atoms with van der Waals surface area (Å²) in [6, 6.07) is 0.854. The van der Waals surface area contributed by atoms with Crippen LogP contribution in [0.15, 0.2) is 17.2 Å². The molecule has 0 fully saturated rings. The lowest BCUT2D eigenvalue weighted by Gasteiger charge is -2.18. The first-order valence-corrected chi connectivity index (χ1v) is 6.57. The molecule has 0 atom stereocenters. The van der Waals surface area contributed by atoms with Crippen molar-refractivity contribution in [1.82, 2.24) is 9.29 Å². The standard InChI is InChI=1S/C9H12N4O6S/c10-7(14)3-13(4-8(11)15)20(18,19)5-1-6(9(16)17)12-2-5/h1-2,12H,3-4H2,(H2,10,14)(H2,11,15)(H,16,17). The SMILES string of the molecule is NC(=O)CN(CC(N)=O)S(=O)(=O)c1c[nH]c(C(=O)O)c1. The number of aromatic nitrogens is 1. The molecule has 0 saturated carbocycles. The zero-order valence-electron chi connectivity index (χ0n) is 10.1. The summed E-state index contributed by atoms with van der Waals surface area (Å²) >= 11 is 0. The van der Waals surface area contributed by atoms with Gasteiger partial charge in [-0.1, -0.05) is 0 Å². The highest BCUT2D eigenvalue weighted by Crippen LogP contribution is 2.16. The molecular weight excluding hydrogens is 292 g/mol. The summed E-state index contributed by atoms with van der Waals surface area (Å²) in [5.74, 6) is -3.32. The molecular formula is C9H12N4O6S. The molecule has 0 bridgehead atoms. The van der Waals surface area contributed by atoms with Crippen molar-refractivity contribution in [2.45, 2.75) is 4.90 Å². The van der Waals surface area contributed by atoms with E-state index in [1.807, 2.05) is 0 Å². The number of amides is 2. The van der Waals surface area contributed by atoms with Crippen molar-refractivity contribution in [3.63, 3.8) is 0 Å². The van der Waals surface area contributed by atoms with Gasteiger partial charge in [-0.3, -0.25) is 9.59 Å². The van der Waals surface area contributed by atoms with Gasteiger partial charge in [-0.05, 0) is 6.07 Å². The summed E-state index contributed by atoms with van der Waals surface area (Å²) in [6.07, 6.45) is 0.924. The number of hydrogen-bond donors (Lipinski definition) is 4. The Kier molecular flexibility index (Phi) is 4.47.